The van der Waals surface area contributed by atoms with Crippen molar-refractivity contribution in [1.82, 2.24) is 0 Å². The molecule has 0 spiro atoms. The maximum atomic E-state index is 12.2. The summed E-state index contributed by atoms with van der Waals surface area (Å²) in [6, 6.07) is 9.78. The number of aryl methyl sites for hydroxylation is 1. The summed E-state index contributed by atoms with van der Waals surface area (Å²) in [5.41, 5.74) is 8.33. The van der Waals surface area contributed by atoms with Crippen molar-refractivity contribution in [1.29, 1.82) is 0 Å². The Hall–Kier alpha value is -1.81. The first-order chi connectivity index (χ1) is 9.00. The van der Waals surface area contributed by atoms with E-state index in [2.05, 4.69) is 0 Å². The highest BCUT2D eigenvalue weighted by Gasteiger charge is 2.23. The molecule has 1 aromatic carbocycles. The third-order valence-electron chi connectivity index (χ3n) is 2.72. The number of nitrogen functional groups attached to an aromatic ring is 1. The summed E-state index contributed by atoms with van der Waals surface area (Å²) in [5, 5.41) is 0.516. The quantitative estimate of drug-likeness (QED) is 0.865. The first kappa shape index (κ1) is 13.6. The molecule has 1 aromatic heterocycles. The minimum absolute atomic E-state index is 0.157. The zero-order chi connectivity index (χ0) is 14.0. The summed E-state index contributed by atoms with van der Waals surface area (Å²) in [6.07, 6.45) is -0.157. The van der Waals surface area contributed by atoms with E-state index in [0.29, 0.717) is 10.6 Å². The third-order valence-corrected chi connectivity index (χ3v) is 3.66. The monoisotopic (exact) mass is 275 g/mol. The van der Waals surface area contributed by atoms with Crippen LogP contribution in [0.2, 0.25) is 0 Å². The first-order valence-electron chi connectivity index (χ1n) is 6.16. The zero-order valence-corrected chi connectivity index (χ0v) is 12.1. The van der Waals surface area contributed by atoms with Gasteiger partial charge in [0.05, 0.1) is 6.10 Å². The van der Waals surface area contributed by atoms with E-state index in [4.69, 9.17) is 10.5 Å². The number of esters is 1. The molecule has 0 bridgehead atoms. The van der Waals surface area contributed by atoms with Crippen LogP contribution in [0.5, 0.6) is 0 Å². The number of hydrogen-bond acceptors (Lipinski definition) is 4. The molecule has 0 aliphatic carbocycles. The van der Waals surface area contributed by atoms with E-state index in [1.54, 1.807) is 0 Å². The summed E-state index contributed by atoms with van der Waals surface area (Å²) in [4.78, 5) is 13.2. The normalized spacial score (nSPS) is 10.7. The Balaban J connectivity index is 2.53. The van der Waals surface area contributed by atoms with Crippen LogP contribution in [0.4, 0.5) is 5.00 Å². The summed E-state index contributed by atoms with van der Waals surface area (Å²) in [6.45, 7) is 5.63. The molecule has 2 N–H and O–H groups in total. The van der Waals surface area contributed by atoms with E-state index < -0.39 is 0 Å². The van der Waals surface area contributed by atoms with Crippen LogP contribution in [-0.2, 0) is 4.74 Å². The number of carbonyl (C=O) groups excluding carboxylic acids is 1. The number of nitrogens with two attached hydrogens (primary N) is 1. The van der Waals surface area contributed by atoms with Gasteiger partial charge < -0.3 is 10.5 Å². The molecule has 0 radical (unpaired) electrons. The highest BCUT2D eigenvalue weighted by Crippen LogP contribution is 2.38. The van der Waals surface area contributed by atoms with Crippen LogP contribution in [-0.4, -0.2) is 12.1 Å². The highest BCUT2D eigenvalue weighted by atomic mass is 32.1. The molecule has 1 heterocycles. The van der Waals surface area contributed by atoms with E-state index in [-0.39, 0.29) is 12.1 Å². The molecular formula is C15H17NO2S. The summed E-state index contributed by atoms with van der Waals surface area (Å²) in [5.74, 6) is -0.351. The second-order valence-corrected chi connectivity index (χ2v) is 5.85. The Labute approximate surface area is 117 Å². The fourth-order valence-corrected chi connectivity index (χ4v) is 2.93. The van der Waals surface area contributed by atoms with Gasteiger partial charge in [0.1, 0.15) is 10.6 Å². The van der Waals surface area contributed by atoms with Gasteiger partial charge in [0.15, 0.2) is 0 Å². The van der Waals surface area contributed by atoms with Crippen molar-refractivity contribution in [2.24, 2.45) is 0 Å². The van der Waals surface area contributed by atoms with Crippen LogP contribution in [0.3, 0.4) is 0 Å². The molecule has 2 rings (SSSR count). The lowest BCUT2D eigenvalue weighted by molar-refractivity contribution is 0.0380. The second-order valence-electron chi connectivity index (χ2n) is 4.59. The Morgan fingerprint density at radius 2 is 1.89 bits per heavy atom. The van der Waals surface area contributed by atoms with E-state index in [1.165, 1.54) is 11.3 Å². The van der Waals surface area contributed by atoms with Gasteiger partial charge in [-0.25, -0.2) is 4.79 Å². The number of anilines is 1. The van der Waals surface area contributed by atoms with Crippen molar-refractivity contribution >= 4 is 22.3 Å². The van der Waals surface area contributed by atoms with E-state index in [0.717, 1.165) is 16.0 Å². The van der Waals surface area contributed by atoms with Crippen molar-refractivity contribution in [3.05, 3.63) is 40.8 Å². The van der Waals surface area contributed by atoms with Crippen molar-refractivity contribution < 1.29 is 9.53 Å². The van der Waals surface area contributed by atoms with Crippen LogP contribution in [0, 0.1) is 6.92 Å². The lowest BCUT2D eigenvalue weighted by Gasteiger charge is -2.10. The minimum Gasteiger partial charge on any atom is -0.459 e. The largest absolute Gasteiger partial charge is 0.459 e. The molecule has 0 saturated carbocycles. The topological polar surface area (TPSA) is 52.3 Å². The van der Waals surface area contributed by atoms with Crippen LogP contribution < -0.4 is 5.73 Å². The van der Waals surface area contributed by atoms with Crippen LogP contribution in [0.25, 0.3) is 11.1 Å². The van der Waals surface area contributed by atoms with Gasteiger partial charge in [-0.05, 0) is 26.3 Å². The van der Waals surface area contributed by atoms with Crippen LogP contribution >= 0.6 is 11.3 Å². The molecule has 0 fully saturated rings. The molecule has 0 atom stereocenters. The van der Waals surface area contributed by atoms with Gasteiger partial charge in [-0.1, -0.05) is 30.3 Å². The predicted octanol–water partition coefficient (Wildman–Crippen LogP) is 3.87. The van der Waals surface area contributed by atoms with Gasteiger partial charge in [0.2, 0.25) is 0 Å². The molecule has 0 unspecified atom stereocenters. The van der Waals surface area contributed by atoms with E-state index in [9.17, 15) is 4.79 Å². The number of thiophene rings is 1. The summed E-state index contributed by atoms with van der Waals surface area (Å²) >= 11 is 1.42. The van der Waals surface area contributed by atoms with E-state index in [1.807, 2.05) is 51.1 Å². The highest BCUT2D eigenvalue weighted by molar-refractivity contribution is 7.16. The molecule has 0 saturated heterocycles. The minimum atomic E-state index is -0.351. The van der Waals surface area contributed by atoms with Crippen LogP contribution in [0.15, 0.2) is 30.3 Å². The molecular weight excluding hydrogens is 258 g/mol. The Kier molecular flexibility index (Phi) is 3.90. The average Bonchev–Trinajstić information content (AvgIpc) is 2.64. The fourth-order valence-electron chi connectivity index (χ4n) is 1.99. The predicted molar refractivity (Wildman–Crippen MR) is 79.5 cm³/mol. The van der Waals surface area contributed by atoms with Gasteiger partial charge >= 0.3 is 5.97 Å². The van der Waals surface area contributed by atoms with Gasteiger partial charge in [0, 0.05) is 10.4 Å². The van der Waals surface area contributed by atoms with Crippen LogP contribution in [0.1, 0.15) is 29.1 Å². The average molecular weight is 275 g/mol. The van der Waals surface area contributed by atoms with Crippen molar-refractivity contribution in [2.75, 3.05) is 5.73 Å². The molecule has 0 aliphatic heterocycles. The van der Waals surface area contributed by atoms with Gasteiger partial charge in [0.25, 0.3) is 0 Å². The lowest BCUT2D eigenvalue weighted by atomic mass is 10.0. The number of rotatable bonds is 3. The standard InChI is InChI=1S/C15H17NO2S/c1-9(2)18-15(17)13-12(10(3)19-14(13)16)11-7-5-4-6-8-11/h4-9H,16H2,1-3H3. The van der Waals surface area contributed by atoms with Gasteiger partial charge in [-0.15, -0.1) is 11.3 Å². The zero-order valence-electron chi connectivity index (χ0n) is 11.3. The van der Waals surface area contributed by atoms with Gasteiger partial charge in [-0.3, -0.25) is 0 Å². The molecule has 3 nitrogen and oxygen atoms in total. The maximum absolute atomic E-state index is 12.2. The smallest absolute Gasteiger partial charge is 0.342 e. The molecule has 2 aromatic rings. The third kappa shape index (κ3) is 2.79. The molecule has 0 amide bonds. The Morgan fingerprint density at radius 1 is 1.26 bits per heavy atom. The second kappa shape index (κ2) is 5.45. The fraction of sp³-hybridized carbons (Fsp3) is 0.267. The number of ether oxygens (including phenoxy) is 1. The summed E-state index contributed by atoms with van der Waals surface area (Å²) < 4.78 is 5.28. The summed E-state index contributed by atoms with van der Waals surface area (Å²) in [7, 11) is 0. The van der Waals surface area contributed by atoms with Crippen molar-refractivity contribution in [2.45, 2.75) is 26.9 Å². The lowest BCUT2D eigenvalue weighted by Crippen LogP contribution is -2.13. The molecule has 0 aliphatic rings. The number of carbonyl (C=O) groups is 1. The SMILES string of the molecule is Cc1sc(N)c(C(=O)OC(C)C)c1-c1ccccc1. The maximum Gasteiger partial charge on any atom is 0.342 e. The number of hydrogen-bond donors (Lipinski definition) is 1. The number of benzene rings is 1. The molecule has 100 valence electrons. The molecule has 4 heteroatoms. The molecule has 19 heavy (non-hydrogen) atoms. The first-order valence-corrected chi connectivity index (χ1v) is 6.97. The van der Waals surface area contributed by atoms with Crippen molar-refractivity contribution in [3.8, 4) is 11.1 Å². The van der Waals surface area contributed by atoms with Gasteiger partial charge in [-0.2, -0.15) is 0 Å². The Morgan fingerprint density at radius 3 is 2.47 bits per heavy atom. The van der Waals surface area contributed by atoms with Crippen molar-refractivity contribution in [3.63, 3.8) is 0 Å². The Bertz CT molecular complexity index is 588. The van der Waals surface area contributed by atoms with E-state index >= 15 is 0 Å².